The molecule has 112 valence electrons. The van der Waals surface area contributed by atoms with Crippen molar-refractivity contribution < 1.29 is 4.42 Å². The number of halogens is 2. The molecule has 1 N–H and O–H groups in total. The smallest absolute Gasteiger partial charge is 0.247 e. The Morgan fingerprint density at radius 1 is 1.09 bits per heavy atom. The normalized spacial score (nSPS) is 10.7. The summed E-state index contributed by atoms with van der Waals surface area (Å²) in [4.78, 5) is 0. The average Bonchev–Trinajstić information content (AvgIpc) is 2.95. The summed E-state index contributed by atoms with van der Waals surface area (Å²) >= 11 is 12.0. The van der Waals surface area contributed by atoms with E-state index in [0.717, 1.165) is 16.8 Å². The monoisotopic (exact) mass is 333 g/mol. The fourth-order valence-electron chi connectivity index (χ4n) is 2.02. The summed E-state index contributed by atoms with van der Waals surface area (Å²) in [6.45, 7) is 2.41. The predicted octanol–water partition coefficient (Wildman–Crippen LogP) is 4.96. The van der Waals surface area contributed by atoms with Gasteiger partial charge in [0.25, 0.3) is 0 Å². The Kier molecular flexibility index (Phi) is 4.32. The van der Waals surface area contributed by atoms with E-state index in [1.54, 1.807) is 12.1 Å². The van der Waals surface area contributed by atoms with Gasteiger partial charge in [-0.05, 0) is 37.3 Å². The molecular formula is C16H13Cl2N3O. The summed E-state index contributed by atoms with van der Waals surface area (Å²) in [6, 6.07) is 13.2. The van der Waals surface area contributed by atoms with E-state index in [0.29, 0.717) is 28.4 Å². The minimum atomic E-state index is 0.389. The summed E-state index contributed by atoms with van der Waals surface area (Å²) in [7, 11) is 0. The molecule has 3 rings (SSSR count). The summed E-state index contributed by atoms with van der Waals surface area (Å²) < 4.78 is 5.66. The van der Waals surface area contributed by atoms with Gasteiger partial charge in [0.05, 0.1) is 17.3 Å². The molecule has 6 heteroatoms. The molecular weight excluding hydrogens is 321 g/mol. The summed E-state index contributed by atoms with van der Waals surface area (Å²) in [5.74, 6) is 0.991. The van der Waals surface area contributed by atoms with Crippen LogP contribution in [0.4, 0.5) is 5.69 Å². The van der Waals surface area contributed by atoms with Crippen molar-refractivity contribution in [2.24, 2.45) is 0 Å². The Bertz CT molecular complexity index is 802. The Morgan fingerprint density at radius 3 is 2.73 bits per heavy atom. The number of aromatic nitrogens is 2. The molecule has 0 aliphatic carbocycles. The van der Waals surface area contributed by atoms with Crippen molar-refractivity contribution in [3.05, 3.63) is 64.0 Å². The average molecular weight is 334 g/mol. The first kappa shape index (κ1) is 14.9. The highest BCUT2D eigenvalue weighted by molar-refractivity contribution is 6.36. The van der Waals surface area contributed by atoms with Gasteiger partial charge in [-0.3, -0.25) is 0 Å². The Morgan fingerprint density at radius 2 is 1.95 bits per heavy atom. The topological polar surface area (TPSA) is 51.0 Å². The molecule has 0 unspecified atom stereocenters. The van der Waals surface area contributed by atoms with E-state index in [4.69, 9.17) is 27.6 Å². The highest BCUT2D eigenvalue weighted by atomic mass is 35.5. The van der Waals surface area contributed by atoms with Crippen molar-refractivity contribution in [3.8, 4) is 11.5 Å². The first-order chi connectivity index (χ1) is 10.6. The zero-order chi connectivity index (χ0) is 15.5. The number of anilines is 1. The number of benzene rings is 2. The standard InChI is InChI=1S/C16H13Cl2N3O/c1-10-3-2-4-11(7-10)16-21-20-15(22-16)9-19-14-6-5-12(17)8-13(14)18/h2-8,19H,9H2,1H3. The maximum absolute atomic E-state index is 6.10. The van der Waals surface area contributed by atoms with Crippen LogP contribution in [0.5, 0.6) is 0 Å². The van der Waals surface area contributed by atoms with Crippen LogP contribution in [0.15, 0.2) is 46.9 Å². The predicted molar refractivity (Wildman–Crippen MR) is 88.3 cm³/mol. The molecule has 0 radical (unpaired) electrons. The van der Waals surface area contributed by atoms with Crippen molar-refractivity contribution >= 4 is 28.9 Å². The van der Waals surface area contributed by atoms with Crippen molar-refractivity contribution in [3.63, 3.8) is 0 Å². The molecule has 2 aromatic carbocycles. The second-order valence-corrected chi connectivity index (χ2v) is 5.69. The van der Waals surface area contributed by atoms with Gasteiger partial charge >= 0.3 is 0 Å². The number of hydrogen-bond acceptors (Lipinski definition) is 4. The second-order valence-electron chi connectivity index (χ2n) is 4.85. The fraction of sp³-hybridized carbons (Fsp3) is 0.125. The van der Waals surface area contributed by atoms with E-state index >= 15 is 0 Å². The SMILES string of the molecule is Cc1cccc(-c2nnc(CNc3ccc(Cl)cc3Cl)o2)c1. The zero-order valence-electron chi connectivity index (χ0n) is 11.8. The van der Waals surface area contributed by atoms with Gasteiger partial charge in [-0.2, -0.15) is 0 Å². The van der Waals surface area contributed by atoms with Crippen molar-refractivity contribution in [2.45, 2.75) is 13.5 Å². The molecule has 1 aromatic heterocycles. The molecule has 0 spiro atoms. The van der Waals surface area contributed by atoms with Gasteiger partial charge in [-0.15, -0.1) is 10.2 Å². The minimum Gasteiger partial charge on any atom is -0.419 e. The number of hydrogen-bond donors (Lipinski definition) is 1. The highest BCUT2D eigenvalue weighted by Gasteiger charge is 2.09. The maximum atomic E-state index is 6.10. The van der Waals surface area contributed by atoms with Gasteiger partial charge < -0.3 is 9.73 Å². The van der Waals surface area contributed by atoms with Crippen LogP contribution in [-0.2, 0) is 6.54 Å². The Balaban J connectivity index is 1.72. The summed E-state index contributed by atoms with van der Waals surface area (Å²) in [5.41, 5.74) is 2.81. The molecule has 3 aromatic rings. The summed E-state index contributed by atoms with van der Waals surface area (Å²) in [6.07, 6.45) is 0. The third-order valence-corrected chi connectivity index (χ3v) is 3.64. The van der Waals surface area contributed by atoms with Crippen LogP contribution >= 0.6 is 23.2 Å². The maximum Gasteiger partial charge on any atom is 0.247 e. The van der Waals surface area contributed by atoms with E-state index in [2.05, 4.69) is 15.5 Å². The fourth-order valence-corrected chi connectivity index (χ4v) is 2.50. The van der Waals surface area contributed by atoms with Crippen LogP contribution in [0.25, 0.3) is 11.5 Å². The van der Waals surface area contributed by atoms with E-state index in [1.165, 1.54) is 0 Å². The van der Waals surface area contributed by atoms with Crippen LogP contribution in [0.2, 0.25) is 10.0 Å². The van der Waals surface area contributed by atoms with Crippen LogP contribution in [0.1, 0.15) is 11.5 Å². The molecule has 0 bridgehead atoms. The van der Waals surface area contributed by atoms with Gasteiger partial charge in [-0.1, -0.05) is 40.9 Å². The van der Waals surface area contributed by atoms with Gasteiger partial charge in [0.2, 0.25) is 11.8 Å². The number of nitrogens with zero attached hydrogens (tertiary/aromatic N) is 2. The lowest BCUT2D eigenvalue weighted by molar-refractivity contribution is 0.515. The first-order valence-electron chi connectivity index (χ1n) is 6.70. The van der Waals surface area contributed by atoms with Crippen LogP contribution in [-0.4, -0.2) is 10.2 Å². The van der Waals surface area contributed by atoms with E-state index < -0.39 is 0 Å². The Hall–Kier alpha value is -2.04. The molecule has 0 atom stereocenters. The van der Waals surface area contributed by atoms with Gasteiger partial charge in [0, 0.05) is 10.6 Å². The zero-order valence-corrected chi connectivity index (χ0v) is 13.3. The van der Waals surface area contributed by atoms with Crippen LogP contribution in [0, 0.1) is 6.92 Å². The number of rotatable bonds is 4. The van der Waals surface area contributed by atoms with Crippen LogP contribution < -0.4 is 5.32 Å². The molecule has 0 aliphatic rings. The van der Waals surface area contributed by atoms with E-state index in [-0.39, 0.29) is 0 Å². The van der Waals surface area contributed by atoms with Gasteiger partial charge in [-0.25, -0.2) is 0 Å². The molecule has 4 nitrogen and oxygen atoms in total. The minimum absolute atomic E-state index is 0.389. The lowest BCUT2D eigenvalue weighted by Crippen LogP contribution is -2.00. The quantitative estimate of drug-likeness (QED) is 0.732. The summed E-state index contributed by atoms with van der Waals surface area (Å²) in [5, 5.41) is 12.4. The molecule has 0 saturated heterocycles. The lowest BCUT2D eigenvalue weighted by atomic mass is 10.1. The first-order valence-corrected chi connectivity index (χ1v) is 7.46. The third kappa shape index (κ3) is 3.40. The second kappa shape index (κ2) is 6.38. The van der Waals surface area contributed by atoms with E-state index in [1.807, 2.05) is 37.3 Å². The molecule has 0 saturated carbocycles. The highest BCUT2D eigenvalue weighted by Crippen LogP contribution is 2.26. The lowest BCUT2D eigenvalue weighted by Gasteiger charge is -2.05. The van der Waals surface area contributed by atoms with E-state index in [9.17, 15) is 0 Å². The van der Waals surface area contributed by atoms with Gasteiger partial charge in [0.1, 0.15) is 0 Å². The third-order valence-electron chi connectivity index (χ3n) is 3.09. The van der Waals surface area contributed by atoms with Crippen LogP contribution in [0.3, 0.4) is 0 Å². The molecule has 1 heterocycles. The number of aryl methyl sites for hydroxylation is 1. The molecule has 0 fully saturated rings. The van der Waals surface area contributed by atoms with Gasteiger partial charge in [0.15, 0.2) is 0 Å². The number of nitrogens with one attached hydrogen (secondary N) is 1. The van der Waals surface area contributed by atoms with Crippen molar-refractivity contribution in [1.29, 1.82) is 0 Å². The van der Waals surface area contributed by atoms with Crippen molar-refractivity contribution in [2.75, 3.05) is 5.32 Å². The largest absolute Gasteiger partial charge is 0.419 e. The Labute approximate surface area is 138 Å². The molecule has 22 heavy (non-hydrogen) atoms. The molecule has 0 aliphatic heterocycles. The molecule has 0 amide bonds. The van der Waals surface area contributed by atoms with Crippen molar-refractivity contribution in [1.82, 2.24) is 10.2 Å².